The molecule has 24 heavy (non-hydrogen) atoms. The van der Waals surface area contributed by atoms with Gasteiger partial charge in [-0.1, -0.05) is 6.07 Å². The Morgan fingerprint density at radius 2 is 2.12 bits per heavy atom. The van der Waals surface area contributed by atoms with Crippen molar-refractivity contribution in [3.63, 3.8) is 0 Å². The van der Waals surface area contributed by atoms with Crippen LogP contribution in [0.25, 0.3) is 0 Å². The first-order valence-electron chi connectivity index (χ1n) is 8.31. The maximum absolute atomic E-state index is 12.9. The lowest BCUT2D eigenvalue weighted by molar-refractivity contribution is 0.411. The highest BCUT2D eigenvalue weighted by Crippen LogP contribution is 2.23. The van der Waals surface area contributed by atoms with Gasteiger partial charge in [0.1, 0.15) is 5.75 Å². The van der Waals surface area contributed by atoms with Gasteiger partial charge in [-0.05, 0) is 55.2 Å². The van der Waals surface area contributed by atoms with E-state index in [1.807, 2.05) is 0 Å². The largest absolute Gasteiger partial charge is 0.496 e. The summed E-state index contributed by atoms with van der Waals surface area (Å²) in [6, 6.07) is 7.92. The van der Waals surface area contributed by atoms with E-state index in [2.05, 4.69) is 41.2 Å². The molecule has 0 aliphatic carbocycles. The highest BCUT2D eigenvalue weighted by atomic mass is 19.1. The van der Waals surface area contributed by atoms with Gasteiger partial charge < -0.3 is 15.0 Å². The summed E-state index contributed by atoms with van der Waals surface area (Å²) in [7, 11) is 1.71. The molecule has 1 aromatic heterocycles. The van der Waals surface area contributed by atoms with Gasteiger partial charge in [0.25, 0.3) is 0 Å². The molecule has 1 atom stereocenters. The van der Waals surface area contributed by atoms with E-state index in [0.717, 1.165) is 43.1 Å². The first-order chi connectivity index (χ1) is 11.6. The Hall–Kier alpha value is -2.14. The average Bonchev–Trinajstić information content (AvgIpc) is 3.05. The Labute approximate surface area is 142 Å². The molecule has 4 nitrogen and oxygen atoms in total. The molecule has 128 valence electrons. The van der Waals surface area contributed by atoms with Crippen LogP contribution in [0.1, 0.15) is 23.1 Å². The summed E-state index contributed by atoms with van der Waals surface area (Å²) in [6.45, 7) is 6.91. The Morgan fingerprint density at radius 1 is 1.29 bits per heavy atom. The number of ether oxygens (including phenoxy) is 1. The van der Waals surface area contributed by atoms with Gasteiger partial charge in [-0.15, -0.1) is 0 Å². The van der Waals surface area contributed by atoms with Crippen molar-refractivity contribution in [1.29, 1.82) is 0 Å². The number of aryl methyl sites for hydroxylation is 2. The van der Waals surface area contributed by atoms with E-state index in [1.54, 1.807) is 19.4 Å². The topological polar surface area (TPSA) is 37.4 Å². The van der Waals surface area contributed by atoms with Crippen LogP contribution in [-0.2, 0) is 6.54 Å². The Morgan fingerprint density at radius 3 is 2.83 bits per heavy atom. The number of hydrogen-bond donors (Lipinski definition) is 1. The van der Waals surface area contributed by atoms with Gasteiger partial charge in [-0.3, -0.25) is 0 Å². The molecule has 2 heterocycles. The minimum Gasteiger partial charge on any atom is -0.496 e. The molecule has 1 aromatic carbocycles. The third kappa shape index (κ3) is 3.67. The van der Waals surface area contributed by atoms with Crippen LogP contribution in [0.2, 0.25) is 0 Å². The molecule has 0 amide bonds. The smallest absolute Gasteiger partial charge is 0.212 e. The van der Waals surface area contributed by atoms with Crippen molar-refractivity contribution >= 4 is 5.69 Å². The quantitative estimate of drug-likeness (QED) is 0.855. The van der Waals surface area contributed by atoms with Crippen molar-refractivity contribution in [3.8, 4) is 5.75 Å². The van der Waals surface area contributed by atoms with Gasteiger partial charge in [0.05, 0.1) is 19.0 Å². The highest BCUT2D eigenvalue weighted by molar-refractivity contribution is 5.45. The minimum absolute atomic E-state index is 0.428. The van der Waals surface area contributed by atoms with Gasteiger partial charge in [0.2, 0.25) is 5.95 Å². The third-order valence-electron chi connectivity index (χ3n) is 4.70. The number of rotatable bonds is 5. The summed E-state index contributed by atoms with van der Waals surface area (Å²) in [5, 5.41) is 3.64. The highest BCUT2D eigenvalue weighted by Gasteiger charge is 2.22. The zero-order chi connectivity index (χ0) is 17.1. The second-order valence-electron chi connectivity index (χ2n) is 6.40. The maximum Gasteiger partial charge on any atom is 0.212 e. The van der Waals surface area contributed by atoms with Crippen molar-refractivity contribution in [2.24, 2.45) is 0 Å². The molecule has 1 aliphatic rings. The van der Waals surface area contributed by atoms with Crippen LogP contribution in [0.15, 0.2) is 30.5 Å². The molecular formula is C19H24FN3O. The zero-order valence-electron chi connectivity index (χ0n) is 14.5. The molecule has 1 N–H and O–H groups in total. The second-order valence-corrected chi connectivity index (χ2v) is 6.40. The first-order valence-corrected chi connectivity index (χ1v) is 8.31. The van der Waals surface area contributed by atoms with Crippen LogP contribution in [0.3, 0.4) is 0 Å². The molecular weight excluding hydrogens is 305 g/mol. The number of anilines is 1. The van der Waals surface area contributed by atoms with Crippen LogP contribution in [0.4, 0.5) is 10.1 Å². The average molecular weight is 329 g/mol. The van der Waals surface area contributed by atoms with Gasteiger partial charge in [-0.25, -0.2) is 4.98 Å². The third-order valence-corrected chi connectivity index (χ3v) is 4.70. The number of pyridine rings is 1. The van der Waals surface area contributed by atoms with Crippen molar-refractivity contribution in [2.45, 2.75) is 32.9 Å². The first kappa shape index (κ1) is 16.7. The number of hydrogen-bond acceptors (Lipinski definition) is 4. The summed E-state index contributed by atoms with van der Waals surface area (Å²) >= 11 is 0. The Kier molecular flexibility index (Phi) is 5.00. The summed E-state index contributed by atoms with van der Waals surface area (Å²) in [6.07, 6.45) is 2.68. The lowest BCUT2D eigenvalue weighted by Gasteiger charge is -2.19. The van der Waals surface area contributed by atoms with E-state index < -0.39 is 5.95 Å². The van der Waals surface area contributed by atoms with Crippen LogP contribution < -0.4 is 15.0 Å². The SMILES string of the molecule is COc1cc(C)c(CNC2CCN(c3ccc(F)nc3)C2)cc1C. The van der Waals surface area contributed by atoms with Crippen LogP contribution >= 0.6 is 0 Å². The molecule has 3 rings (SSSR count). The Bertz CT molecular complexity index is 703. The molecule has 0 saturated carbocycles. The van der Waals surface area contributed by atoms with Gasteiger partial charge in [-0.2, -0.15) is 4.39 Å². The van der Waals surface area contributed by atoms with Gasteiger partial charge >= 0.3 is 0 Å². The van der Waals surface area contributed by atoms with E-state index in [9.17, 15) is 4.39 Å². The normalized spacial score (nSPS) is 17.3. The predicted octanol–water partition coefficient (Wildman–Crippen LogP) is 3.21. The van der Waals surface area contributed by atoms with Crippen LogP contribution in [0, 0.1) is 19.8 Å². The minimum atomic E-state index is -0.432. The summed E-state index contributed by atoms with van der Waals surface area (Å²) in [5.74, 6) is 0.505. The molecule has 1 saturated heterocycles. The van der Waals surface area contributed by atoms with E-state index in [-0.39, 0.29) is 0 Å². The fraction of sp³-hybridized carbons (Fsp3) is 0.421. The molecule has 2 aromatic rings. The van der Waals surface area contributed by atoms with E-state index in [0.29, 0.717) is 6.04 Å². The van der Waals surface area contributed by atoms with Crippen molar-refractivity contribution < 1.29 is 9.13 Å². The number of nitrogens with one attached hydrogen (secondary N) is 1. The fourth-order valence-corrected chi connectivity index (χ4v) is 3.23. The standard InChI is InChI=1S/C19H24FN3O/c1-13-9-18(24-3)14(2)8-15(13)10-21-16-6-7-23(12-16)17-4-5-19(20)22-11-17/h4-5,8-9,11,16,21H,6-7,10,12H2,1-3H3. The number of halogens is 1. The Balaban J connectivity index is 1.58. The fourth-order valence-electron chi connectivity index (χ4n) is 3.23. The lowest BCUT2D eigenvalue weighted by atomic mass is 10.0. The number of benzene rings is 1. The molecule has 0 radical (unpaired) electrons. The van der Waals surface area contributed by atoms with E-state index >= 15 is 0 Å². The van der Waals surface area contributed by atoms with Crippen LogP contribution in [0.5, 0.6) is 5.75 Å². The number of methoxy groups -OCH3 is 1. The second kappa shape index (κ2) is 7.18. The van der Waals surface area contributed by atoms with Crippen molar-refractivity contribution in [1.82, 2.24) is 10.3 Å². The van der Waals surface area contributed by atoms with Crippen LogP contribution in [-0.4, -0.2) is 31.2 Å². The van der Waals surface area contributed by atoms with Gasteiger partial charge in [0.15, 0.2) is 0 Å². The van der Waals surface area contributed by atoms with E-state index in [4.69, 9.17) is 4.74 Å². The van der Waals surface area contributed by atoms with Crippen molar-refractivity contribution in [3.05, 3.63) is 53.1 Å². The monoisotopic (exact) mass is 329 g/mol. The predicted molar refractivity (Wildman–Crippen MR) is 94.1 cm³/mol. The summed E-state index contributed by atoms with van der Waals surface area (Å²) in [5.41, 5.74) is 4.68. The number of aromatic nitrogens is 1. The molecule has 1 unspecified atom stereocenters. The maximum atomic E-state index is 12.9. The van der Waals surface area contributed by atoms with Gasteiger partial charge in [0, 0.05) is 25.7 Å². The summed E-state index contributed by atoms with van der Waals surface area (Å²) in [4.78, 5) is 5.99. The molecule has 1 aliphatic heterocycles. The molecule has 0 bridgehead atoms. The molecule has 0 spiro atoms. The zero-order valence-corrected chi connectivity index (χ0v) is 14.5. The van der Waals surface area contributed by atoms with Crippen molar-refractivity contribution in [2.75, 3.05) is 25.1 Å². The number of nitrogens with zero attached hydrogens (tertiary/aromatic N) is 2. The lowest BCUT2D eigenvalue weighted by Crippen LogP contribution is -2.32. The molecule has 5 heteroatoms. The van der Waals surface area contributed by atoms with E-state index in [1.165, 1.54) is 17.2 Å². The summed E-state index contributed by atoms with van der Waals surface area (Å²) < 4.78 is 18.3. The molecule has 1 fully saturated rings.